The summed E-state index contributed by atoms with van der Waals surface area (Å²) in [6.45, 7) is 1.72. The highest BCUT2D eigenvalue weighted by atomic mass is 35.5. The molecule has 3 nitrogen and oxygen atoms in total. The van der Waals surface area contributed by atoms with Gasteiger partial charge in [0.1, 0.15) is 0 Å². The van der Waals surface area contributed by atoms with Gasteiger partial charge in [-0.2, -0.15) is 0 Å². The van der Waals surface area contributed by atoms with Crippen molar-refractivity contribution in [3.8, 4) is 0 Å². The summed E-state index contributed by atoms with van der Waals surface area (Å²) in [6.07, 6.45) is 6.69. The van der Waals surface area contributed by atoms with Gasteiger partial charge in [0, 0.05) is 16.8 Å². The van der Waals surface area contributed by atoms with Crippen LogP contribution >= 0.6 is 23.8 Å². The van der Waals surface area contributed by atoms with Crippen LogP contribution in [-0.4, -0.2) is 29.4 Å². The van der Waals surface area contributed by atoms with Gasteiger partial charge in [0.2, 0.25) is 0 Å². The molecule has 1 aromatic rings. The summed E-state index contributed by atoms with van der Waals surface area (Å²) < 4.78 is 0. The number of hydrogen-bond donors (Lipinski definition) is 1. The van der Waals surface area contributed by atoms with Crippen LogP contribution in [0.1, 0.15) is 32.1 Å². The summed E-state index contributed by atoms with van der Waals surface area (Å²) >= 11 is 11.5. The van der Waals surface area contributed by atoms with E-state index in [4.69, 9.17) is 23.8 Å². The average Bonchev–Trinajstić information content (AvgIpc) is 2.48. The van der Waals surface area contributed by atoms with Gasteiger partial charge in [0.05, 0.1) is 13.3 Å². The first-order valence-corrected chi connectivity index (χ1v) is 8.07. The zero-order chi connectivity index (χ0) is 13.9. The van der Waals surface area contributed by atoms with Crippen molar-refractivity contribution in [1.82, 2.24) is 10.2 Å². The van der Waals surface area contributed by atoms with E-state index in [2.05, 4.69) is 21.2 Å². The van der Waals surface area contributed by atoms with Crippen LogP contribution < -0.4 is 10.2 Å². The first kappa shape index (κ1) is 14.1. The first-order chi connectivity index (χ1) is 9.74. The molecule has 2 aliphatic rings. The molecule has 1 saturated carbocycles. The summed E-state index contributed by atoms with van der Waals surface area (Å²) in [5.41, 5.74) is 1.07. The minimum Gasteiger partial charge on any atom is -0.349 e. The summed E-state index contributed by atoms with van der Waals surface area (Å²) in [4.78, 5) is 4.63. The van der Waals surface area contributed by atoms with E-state index in [1.807, 2.05) is 18.2 Å². The summed E-state index contributed by atoms with van der Waals surface area (Å²) in [5, 5.41) is 4.88. The second-order valence-corrected chi connectivity index (χ2v) is 6.39. The second kappa shape index (κ2) is 6.29. The number of thiocarbonyl (C=S) groups is 1. The van der Waals surface area contributed by atoms with E-state index in [0.717, 1.165) is 29.2 Å². The zero-order valence-corrected chi connectivity index (χ0v) is 13.1. The van der Waals surface area contributed by atoms with Gasteiger partial charge in [0.15, 0.2) is 5.11 Å². The van der Waals surface area contributed by atoms with Gasteiger partial charge in [0.25, 0.3) is 0 Å². The monoisotopic (exact) mass is 309 g/mol. The largest absolute Gasteiger partial charge is 0.349 e. The highest BCUT2D eigenvalue weighted by Crippen LogP contribution is 2.26. The molecule has 5 heteroatoms. The van der Waals surface area contributed by atoms with Crippen molar-refractivity contribution < 1.29 is 0 Å². The van der Waals surface area contributed by atoms with E-state index in [1.165, 1.54) is 32.1 Å². The van der Waals surface area contributed by atoms with Crippen molar-refractivity contribution in [3.05, 3.63) is 29.3 Å². The van der Waals surface area contributed by atoms with E-state index >= 15 is 0 Å². The molecule has 1 aliphatic heterocycles. The van der Waals surface area contributed by atoms with E-state index < -0.39 is 0 Å². The summed E-state index contributed by atoms with van der Waals surface area (Å²) in [6, 6.07) is 8.58. The molecule has 0 radical (unpaired) electrons. The number of hydrogen-bond acceptors (Lipinski definition) is 2. The van der Waals surface area contributed by atoms with Gasteiger partial charge in [-0.1, -0.05) is 36.9 Å². The molecule has 1 aromatic carbocycles. The number of benzene rings is 1. The van der Waals surface area contributed by atoms with Crippen molar-refractivity contribution in [1.29, 1.82) is 0 Å². The molecule has 0 unspecified atom stereocenters. The quantitative estimate of drug-likeness (QED) is 0.841. The summed E-state index contributed by atoms with van der Waals surface area (Å²) in [7, 11) is 0. The Labute approximate surface area is 130 Å². The normalized spacial score (nSPS) is 21.9. The topological polar surface area (TPSA) is 18.5 Å². The van der Waals surface area contributed by atoms with Crippen molar-refractivity contribution in [2.45, 2.75) is 38.1 Å². The Morgan fingerprint density at radius 3 is 2.75 bits per heavy atom. The van der Waals surface area contributed by atoms with Crippen molar-refractivity contribution in [3.63, 3.8) is 0 Å². The molecule has 1 N–H and O–H groups in total. The lowest BCUT2D eigenvalue weighted by molar-refractivity contribution is 0.148. The van der Waals surface area contributed by atoms with Crippen molar-refractivity contribution in [2.24, 2.45) is 0 Å². The van der Waals surface area contributed by atoms with Crippen LogP contribution in [0.15, 0.2) is 24.3 Å². The Hall–Kier alpha value is -0.840. The molecule has 2 fully saturated rings. The highest BCUT2D eigenvalue weighted by Gasteiger charge is 2.28. The smallest absolute Gasteiger partial charge is 0.175 e. The van der Waals surface area contributed by atoms with E-state index in [-0.39, 0.29) is 0 Å². The molecule has 1 aliphatic carbocycles. The number of halogens is 1. The van der Waals surface area contributed by atoms with E-state index in [0.29, 0.717) is 6.04 Å². The lowest BCUT2D eigenvalue weighted by Gasteiger charge is -2.43. The maximum absolute atomic E-state index is 6.09. The predicted molar refractivity (Wildman–Crippen MR) is 88.1 cm³/mol. The minimum atomic E-state index is 0.682. The predicted octanol–water partition coefficient (Wildman–Crippen LogP) is 3.58. The fourth-order valence-electron chi connectivity index (χ4n) is 3.09. The van der Waals surface area contributed by atoms with Gasteiger partial charge >= 0.3 is 0 Å². The van der Waals surface area contributed by atoms with Crippen molar-refractivity contribution >= 4 is 34.6 Å². The third kappa shape index (κ3) is 3.08. The third-order valence-electron chi connectivity index (χ3n) is 4.21. The second-order valence-electron chi connectivity index (χ2n) is 5.57. The number of nitrogens with zero attached hydrogens (tertiary/aromatic N) is 2. The fraction of sp³-hybridized carbons (Fsp3) is 0.533. The third-order valence-corrected chi connectivity index (χ3v) is 4.81. The maximum atomic E-state index is 6.09. The lowest BCUT2D eigenvalue weighted by Crippen LogP contribution is -2.59. The first-order valence-electron chi connectivity index (χ1n) is 7.29. The molecule has 0 spiro atoms. The van der Waals surface area contributed by atoms with Crippen LogP contribution in [0.5, 0.6) is 0 Å². The van der Waals surface area contributed by atoms with E-state index in [1.54, 1.807) is 0 Å². The van der Waals surface area contributed by atoms with E-state index in [9.17, 15) is 0 Å². The number of nitrogens with one attached hydrogen (secondary N) is 1. The molecule has 0 aromatic heterocycles. The van der Waals surface area contributed by atoms with Crippen molar-refractivity contribution in [2.75, 3.05) is 18.2 Å². The molecule has 3 rings (SSSR count). The van der Waals surface area contributed by atoms with Gasteiger partial charge in [-0.25, -0.2) is 0 Å². The molecular weight excluding hydrogens is 290 g/mol. The van der Waals surface area contributed by atoms with Crippen LogP contribution in [0.3, 0.4) is 0 Å². The number of rotatable bonds is 2. The van der Waals surface area contributed by atoms with Crippen LogP contribution in [0.4, 0.5) is 5.69 Å². The Bertz CT molecular complexity index is 488. The van der Waals surface area contributed by atoms with Gasteiger partial charge in [-0.15, -0.1) is 0 Å². The highest BCUT2D eigenvalue weighted by molar-refractivity contribution is 7.80. The summed E-state index contributed by atoms with van der Waals surface area (Å²) in [5.74, 6) is 0. The standard InChI is InChI=1S/C15H20ClN3S/c16-12-5-4-8-14(9-12)19-11-18(10-17-15(19)20)13-6-2-1-3-7-13/h4-5,8-9,13H,1-3,6-7,10-11H2,(H,17,20). The van der Waals surface area contributed by atoms with Crippen LogP contribution in [0, 0.1) is 0 Å². The maximum Gasteiger partial charge on any atom is 0.175 e. The Kier molecular flexibility index (Phi) is 4.44. The lowest BCUT2D eigenvalue weighted by atomic mass is 9.94. The zero-order valence-electron chi connectivity index (χ0n) is 11.5. The SMILES string of the molecule is S=C1NCN(C2CCCCC2)CN1c1cccc(Cl)c1. The Morgan fingerprint density at radius 2 is 2.00 bits per heavy atom. The van der Waals surface area contributed by atoms with Crippen LogP contribution in [-0.2, 0) is 0 Å². The van der Waals surface area contributed by atoms with Crippen LogP contribution in [0.25, 0.3) is 0 Å². The fourth-order valence-corrected chi connectivity index (χ4v) is 3.51. The minimum absolute atomic E-state index is 0.682. The Morgan fingerprint density at radius 1 is 1.20 bits per heavy atom. The average molecular weight is 310 g/mol. The van der Waals surface area contributed by atoms with Gasteiger partial charge in [-0.3, -0.25) is 4.90 Å². The molecule has 1 saturated heterocycles. The molecule has 108 valence electrons. The Balaban J connectivity index is 1.74. The molecular formula is C15H20ClN3S. The molecule has 0 atom stereocenters. The van der Waals surface area contributed by atoms with Gasteiger partial charge < -0.3 is 10.2 Å². The van der Waals surface area contributed by atoms with Crippen LogP contribution in [0.2, 0.25) is 5.02 Å². The number of anilines is 1. The van der Waals surface area contributed by atoms with Gasteiger partial charge in [-0.05, 0) is 43.3 Å². The molecule has 20 heavy (non-hydrogen) atoms. The molecule has 0 amide bonds. The molecule has 0 bridgehead atoms. The molecule has 1 heterocycles.